The molecular weight excluding hydrogens is 304 g/mol. The van der Waals surface area contributed by atoms with E-state index in [1.807, 2.05) is 17.0 Å². The van der Waals surface area contributed by atoms with Crippen LogP contribution in [0.15, 0.2) is 28.4 Å². The number of rotatable bonds is 3. The van der Waals surface area contributed by atoms with Gasteiger partial charge in [0.25, 0.3) is 0 Å². The molecule has 1 aromatic heterocycles. The Hall–Kier alpha value is -1.59. The summed E-state index contributed by atoms with van der Waals surface area (Å²) in [6.07, 6.45) is 6.32. The lowest BCUT2D eigenvalue weighted by Crippen LogP contribution is -2.55. The van der Waals surface area contributed by atoms with Gasteiger partial charge in [0, 0.05) is 26.6 Å². The molecule has 1 atom stereocenters. The second-order valence-corrected chi connectivity index (χ2v) is 7.54. The van der Waals surface area contributed by atoms with E-state index in [1.165, 1.54) is 5.57 Å². The largest absolute Gasteiger partial charge is 0.465 e. The van der Waals surface area contributed by atoms with Gasteiger partial charge in [0.1, 0.15) is 5.76 Å². The Bertz CT molecular complexity index is 586. The number of hydrogen-bond acceptors (Lipinski definition) is 4. The summed E-state index contributed by atoms with van der Waals surface area (Å²) in [6, 6.07) is 3.87. The smallest absolute Gasteiger partial charge is 0.219 e. The lowest BCUT2D eigenvalue weighted by Gasteiger charge is -2.49. The van der Waals surface area contributed by atoms with Crippen LogP contribution in [0.25, 0.3) is 6.08 Å². The van der Waals surface area contributed by atoms with Crippen molar-refractivity contribution in [2.75, 3.05) is 32.7 Å². The van der Waals surface area contributed by atoms with Crippen LogP contribution in [0.4, 0.5) is 0 Å². The zero-order valence-electron chi connectivity index (χ0n) is 14.7. The molecule has 3 heterocycles. The molecule has 3 rings (SSSR count). The average molecular weight is 332 g/mol. The third-order valence-electron chi connectivity index (χ3n) is 5.39. The van der Waals surface area contributed by atoms with Gasteiger partial charge in [-0.1, -0.05) is 5.57 Å². The van der Waals surface area contributed by atoms with Gasteiger partial charge < -0.3 is 14.4 Å². The number of β-amino-alcohol motifs (C(OH)–C–C–N with tert-alkyl or cyclic N) is 1. The summed E-state index contributed by atoms with van der Waals surface area (Å²) in [5.41, 5.74) is 1.38. The molecule has 0 radical (unpaired) electrons. The number of likely N-dealkylation sites (tertiary alicyclic amines) is 2. The van der Waals surface area contributed by atoms with Crippen LogP contribution in [0.3, 0.4) is 0 Å². The van der Waals surface area contributed by atoms with Gasteiger partial charge in [0.15, 0.2) is 0 Å². The number of hydrogen-bond donors (Lipinski definition) is 1. The minimum Gasteiger partial charge on any atom is -0.465 e. The molecule has 5 nitrogen and oxygen atoms in total. The molecule has 2 aliphatic rings. The SMILES string of the molecule is CC(=O)N1CC(O)CC2(CCN(C/C(C)=C/c3ccco3)CC2)C1. The molecule has 1 aromatic rings. The Balaban J connectivity index is 1.56. The van der Waals surface area contributed by atoms with E-state index in [0.717, 1.165) is 51.2 Å². The van der Waals surface area contributed by atoms with Crippen LogP contribution in [0.1, 0.15) is 38.9 Å². The normalized spacial score (nSPS) is 25.2. The van der Waals surface area contributed by atoms with E-state index in [-0.39, 0.29) is 17.4 Å². The van der Waals surface area contributed by atoms with E-state index in [1.54, 1.807) is 13.2 Å². The van der Waals surface area contributed by atoms with E-state index in [9.17, 15) is 9.90 Å². The molecule has 0 saturated carbocycles. The maximum Gasteiger partial charge on any atom is 0.219 e. The first-order chi connectivity index (χ1) is 11.5. The number of furan rings is 1. The molecule has 0 bridgehead atoms. The Morgan fingerprint density at radius 2 is 2.17 bits per heavy atom. The highest BCUT2D eigenvalue weighted by molar-refractivity contribution is 5.73. The van der Waals surface area contributed by atoms with Crippen molar-refractivity contribution in [1.29, 1.82) is 0 Å². The standard InChI is InChI=1S/C19H28N2O3/c1-15(10-18-4-3-9-24-18)12-20-7-5-19(6-8-20)11-17(23)13-21(14-19)16(2)22/h3-4,9-10,17,23H,5-8,11-14H2,1-2H3/b15-10+. The molecule has 1 unspecified atom stereocenters. The predicted octanol–water partition coefficient (Wildman–Crippen LogP) is 2.38. The molecule has 24 heavy (non-hydrogen) atoms. The number of carbonyl (C=O) groups excluding carboxylic acids is 1. The summed E-state index contributed by atoms with van der Waals surface area (Å²) in [5, 5.41) is 10.2. The number of amides is 1. The van der Waals surface area contributed by atoms with Crippen molar-refractivity contribution in [2.45, 2.75) is 39.2 Å². The lowest BCUT2D eigenvalue weighted by atomic mass is 9.71. The topological polar surface area (TPSA) is 56.9 Å². The Morgan fingerprint density at radius 3 is 2.79 bits per heavy atom. The molecule has 0 aliphatic carbocycles. The lowest BCUT2D eigenvalue weighted by molar-refractivity contribution is -0.137. The van der Waals surface area contributed by atoms with Crippen LogP contribution >= 0.6 is 0 Å². The van der Waals surface area contributed by atoms with Gasteiger partial charge in [-0.05, 0) is 62.9 Å². The third kappa shape index (κ3) is 4.08. The maximum atomic E-state index is 11.7. The maximum absolute atomic E-state index is 11.7. The van der Waals surface area contributed by atoms with Crippen molar-refractivity contribution < 1.29 is 14.3 Å². The van der Waals surface area contributed by atoms with E-state index in [2.05, 4.69) is 17.9 Å². The second kappa shape index (κ2) is 7.11. The molecule has 132 valence electrons. The second-order valence-electron chi connectivity index (χ2n) is 7.54. The van der Waals surface area contributed by atoms with Crippen molar-refractivity contribution in [1.82, 2.24) is 9.80 Å². The summed E-state index contributed by atoms with van der Waals surface area (Å²) in [6.45, 7) is 8.00. The minimum absolute atomic E-state index is 0.0766. The fourth-order valence-corrected chi connectivity index (χ4v) is 4.15. The number of carbonyl (C=O) groups is 1. The Morgan fingerprint density at radius 1 is 1.42 bits per heavy atom. The molecule has 1 amide bonds. The van der Waals surface area contributed by atoms with Crippen molar-refractivity contribution in [3.63, 3.8) is 0 Å². The van der Waals surface area contributed by atoms with Gasteiger partial charge in [-0.2, -0.15) is 0 Å². The molecule has 1 spiro atoms. The van der Waals surface area contributed by atoms with Gasteiger partial charge >= 0.3 is 0 Å². The highest BCUT2D eigenvalue weighted by Gasteiger charge is 2.42. The van der Waals surface area contributed by atoms with Crippen molar-refractivity contribution >= 4 is 12.0 Å². The fourth-order valence-electron chi connectivity index (χ4n) is 4.15. The highest BCUT2D eigenvalue weighted by Crippen LogP contribution is 2.40. The van der Waals surface area contributed by atoms with Crippen molar-refractivity contribution in [3.8, 4) is 0 Å². The summed E-state index contributed by atoms with van der Waals surface area (Å²) in [7, 11) is 0. The number of nitrogens with zero attached hydrogens (tertiary/aromatic N) is 2. The monoisotopic (exact) mass is 332 g/mol. The molecule has 2 fully saturated rings. The average Bonchev–Trinajstić information content (AvgIpc) is 3.02. The van der Waals surface area contributed by atoms with E-state index in [0.29, 0.717) is 6.54 Å². The summed E-state index contributed by atoms with van der Waals surface area (Å²) < 4.78 is 5.37. The summed E-state index contributed by atoms with van der Waals surface area (Å²) >= 11 is 0. The quantitative estimate of drug-likeness (QED) is 0.923. The molecule has 2 aliphatic heterocycles. The van der Waals surface area contributed by atoms with Crippen molar-refractivity contribution in [2.24, 2.45) is 5.41 Å². The fraction of sp³-hybridized carbons (Fsp3) is 0.632. The molecular formula is C19H28N2O3. The summed E-state index contributed by atoms with van der Waals surface area (Å²) in [5.74, 6) is 0.973. The number of aliphatic hydroxyl groups is 1. The van der Waals surface area contributed by atoms with Crippen LogP contribution in [-0.4, -0.2) is 59.6 Å². The van der Waals surface area contributed by atoms with Crippen molar-refractivity contribution in [3.05, 3.63) is 29.7 Å². The van der Waals surface area contributed by atoms with E-state index < -0.39 is 0 Å². The van der Waals surface area contributed by atoms with Gasteiger partial charge in [-0.3, -0.25) is 9.69 Å². The van der Waals surface area contributed by atoms with Gasteiger partial charge in [-0.25, -0.2) is 0 Å². The van der Waals surface area contributed by atoms with Gasteiger partial charge in [0.2, 0.25) is 5.91 Å². The Labute approximate surface area is 143 Å². The number of piperidine rings is 2. The van der Waals surface area contributed by atoms with E-state index >= 15 is 0 Å². The Kier molecular flexibility index (Phi) is 5.11. The minimum atomic E-state index is -0.380. The third-order valence-corrected chi connectivity index (χ3v) is 5.39. The van der Waals surface area contributed by atoms with E-state index in [4.69, 9.17) is 4.42 Å². The van der Waals surface area contributed by atoms with Crippen LogP contribution in [0.5, 0.6) is 0 Å². The first kappa shape index (κ1) is 17.2. The highest BCUT2D eigenvalue weighted by atomic mass is 16.3. The molecule has 5 heteroatoms. The molecule has 0 aromatic carbocycles. The van der Waals surface area contributed by atoms with Crippen LogP contribution in [0, 0.1) is 5.41 Å². The first-order valence-corrected chi connectivity index (χ1v) is 8.82. The van der Waals surface area contributed by atoms with Crippen LogP contribution in [0.2, 0.25) is 0 Å². The molecule has 1 N–H and O–H groups in total. The van der Waals surface area contributed by atoms with Gasteiger partial charge in [-0.15, -0.1) is 0 Å². The molecule has 2 saturated heterocycles. The predicted molar refractivity (Wildman–Crippen MR) is 93.3 cm³/mol. The number of aliphatic hydroxyl groups excluding tert-OH is 1. The van der Waals surface area contributed by atoms with Gasteiger partial charge in [0.05, 0.1) is 12.4 Å². The first-order valence-electron chi connectivity index (χ1n) is 8.82. The van der Waals surface area contributed by atoms with Crippen LogP contribution < -0.4 is 0 Å². The zero-order valence-corrected chi connectivity index (χ0v) is 14.7. The summed E-state index contributed by atoms with van der Waals surface area (Å²) in [4.78, 5) is 16.0. The zero-order chi connectivity index (χ0) is 17.2. The van der Waals surface area contributed by atoms with Crippen LogP contribution in [-0.2, 0) is 4.79 Å².